The quantitative estimate of drug-likeness (QED) is 0.320. The van der Waals surface area contributed by atoms with Gasteiger partial charge in [0.15, 0.2) is 0 Å². The molecular weight excluding hydrogens is 512 g/mol. The van der Waals surface area contributed by atoms with Crippen molar-refractivity contribution in [1.29, 1.82) is 5.26 Å². The second kappa shape index (κ2) is 12.6. The molecule has 37 heavy (non-hydrogen) atoms. The van der Waals surface area contributed by atoms with Gasteiger partial charge in [-0.1, -0.05) is 49.5 Å². The fraction of sp³-hybridized carbons (Fsp3) is 0.346. The summed E-state index contributed by atoms with van der Waals surface area (Å²) in [6.07, 6.45) is 2.97. The maximum Gasteiger partial charge on any atom is 0.305 e. The molecule has 0 atom stereocenters. The third-order valence-corrected chi connectivity index (χ3v) is 7.31. The van der Waals surface area contributed by atoms with Gasteiger partial charge >= 0.3 is 5.97 Å². The van der Waals surface area contributed by atoms with Crippen LogP contribution in [0.3, 0.4) is 0 Å². The first-order valence-corrected chi connectivity index (χ1v) is 13.0. The van der Waals surface area contributed by atoms with Crippen molar-refractivity contribution < 1.29 is 19.4 Å². The Hall–Kier alpha value is -3.62. The van der Waals surface area contributed by atoms with Crippen LogP contribution >= 0.6 is 24.0 Å². The molecule has 1 saturated heterocycles. The van der Waals surface area contributed by atoms with E-state index in [4.69, 9.17) is 22.1 Å². The SMILES string of the molecule is CCCCn1c(NCc2ccc(OC)cc2)c(/C=C2/SC(=S)N(CCC(=O)O)C2=O)c(C)c(C#N)c1=O. The number of carbonyl (C=O) groups excluding carboxylic acids is 1. The second-order valence-corrected chi connectivity index (χ2v) is 10.0. The van der Waals surface area contributed by atoms with Gasteiger partial charge in [-0.15, -0.1) is 0 Å². The average molecular weight is 541 g/mol. The second-order valence-electron chi connectivity index (χ2n) is 8.36. The number of nitrogens with zero attached hydrogens (tertiary/aromatic N) is 3. The van der Waals surface area contributed by atoms with Crippen LogP contribution in [-0.2, 0) is 22.7 Å². The lowest BCUT2D eigenvalue weighted by atomic mass is 10.0. The van der Waals surface area contributed by atoms with Gasteiger partial charge in [-0.05, 0) is 42.7 Å². The van der Waals surface area contributed by atoms with Crippen molar-refractivity contribution in [2.75, 3.05) is 19.0 Å². The standard InChI is InChI=1S/C26H28N4O5S2/c1-4-5-11-29-23(28-15-17-6-8-18(35-3)9-7-17)19(16(2)20(14-27)24(29)33)13-21-25(34)30(26(36)37-21)12-10-22(31)32/h6-9,13,28H,4-5,10-12,15H2,1-3H3,(H,31,32)/b21-13+. The lowest BCUT2D eigenvalue weighted by molar-refractivity contribution is -0.137. The molecule has 2 aromatic rings. The van der Waals surface area contributed by atoms with Gasteiger partial charge in [0.05, 0.1) is 18.4 Å². The Balaban J connectivity index is 2.10. The highest BCUT2D eigenvalue weighted by atomic mass is 32.2. The Morgan fingerprint density at radius 1 is 1.27 bits per heavy atom. The van der Waals surface area contributed by atoms with Crippen molar-refractivity contribution in [3.63, 3.8) is 0 Å². The summed E-state index contributed by atoms with van der Waals surface area (Å²) >= 11 is 6.39. The number of aliphatic carboxylic acids is 1. The number of unbranched alkanes of at least 4 members (excludes halogenated alkanes) is 1. The molecule has 1 aliphatic rings. The Bertz CT molecular complexity index is 1340. The molecule has 0 unspecified atom stereocenters. The minimum Gasteiger partial charge on any atom is -0.497 e. The summed E-state index contributed by atoms with van der Waals surface area (Å²) in [6, 6.07) is 9.52. The molecule has 194 valence electrons. The van der Waals surface area contributed by atoms with Crippen LogP contribution in [0.4, 0.5) is 5.82 Å². The molecule has 2 N–H and O–H groups in total. The van der Waals surface area contributed by atoms with E-state index in [1.807, 2.05) is 37.3 Å². The average Bonchev–Trinajstić information content (AvgIpc) is 3.15. The lowest BCUT2D eigenvalue weighted by Crippen LogP contribution is -2.30. The zero-order chi connectivity index (χ0) is 27.1. The number of nitrogens with one attached hydrogen (secondary N) is 1. The maximum atomic E-state index is 13.3. The molecular formula is C26H28N4O5S2. The molecule has 11 heteroatoms. The highest BCUT2D eigenvalue weighted by molar-refractivity contribution is 8.26. The number of anilines is 1. The minimum atomic E-state index is -1.03. The normalized spacial score (nSPS) is 14.2. The highest BCUT2D eigenvalue weighted by Crippen LogP contribution is 2.35. The van der Waals surface area contributed by atoms with Crippen LogP contribution in [-0.4, -0.2) is 44.4 Å². The van der Waals surface area contributed by atoms with Crippen molar-refractivity contribution in [2.45, 2.75) is 46.2 Å². The van der Waals surface area contributed by atoms with E-state index in [9.17, 15) is 19.6 Å². The molecule has 1 aliphatic heterocycles. The molecule has 0 radical (unpaired) electrons. The van der Waals surface area contributed by atoms with E-state index in [0.717, 1.165) is 35.9 Å². The smallest absolute Gasteiger partial charge is 0.305 e. The Labute approximate surface area is 224 Å². The van der Waals surface area contributed by atoms with E-state index >= 15 is 0 Å². The van der Waals surface area contributed by atoms with Gasteiger partial charge in [-0.2, -0.15) is 5.26 Å². The summed E-state index contributed by atoms with van der Waals surface area (Å²) in [5, 5.41) is 22.1. The predicted octanol–water partition coefficient (Wildman–Crippen LogP) is 4.13. The number of thiocarbonyl (C=S) groups is 1. The molecule has 0 aliphatic carbocycles. The number of carboxylic acids is 1. The van der Waals surface area contributed by atoms with Gasteiger partial charge < -0.3 is 15.2 Å². The molecule has 1 aromatic carbocycles. The first-order chi connectivity index (χ1) is 17.7. The summed E-state index contributed by atoms with van der Waals surface area (Å²) in [7, 11) is 1.59. The number of aromatic nitrogens is 1. The molecule has 2 heterocycles. The van der Waals surface area contributed by atoms with Crippen molar-refractivity contribution >= 4 is 52.1 Å². The molecule has 0 spiro atoms. The van der Waals surface area contributed by atoms with E-state index in [1.165, 1.54) is 4.90 Å². The molecule has 1 aromatic heterocycles. The zero-order valence-electron chi connectivity index (χ0n) is 20.9. The molecule has 0 bridgehead atoms. The zero-order valence-corrected chi connectivity index (χ0v) is 22.5. The molecule has 1 amide bonds. The number of hydrogen-bond acceptors (Lipinski definition) is 8. The van der Waals surface area contributed by atoms with Crippen molar-refractivity contribution in [2.24, 2.45) is 0 Å². The van der Waals surface area contributed by atoms with Gasteiger partial charge in [0.1, 0.15) is 27.5 Å². The third kappa shape index (κ3) is 6.39. The molecule has 1 fully saturated rings. The monoisotopic (exact) mass is 540 g/mol. The Kier molecular flexibility index (Phi) is 9.49. The van der Waals surface area contributed by atoms with Gasteiger partial charge in [-0.25, -0.2) is 0 Å². The Morgan fingerprint density at radius 3 is 2.57 bits per heavy atom. The number of rotatable bonds is 11. The van der Waals surface area contributed by atoms with Crippen LogP contribution in [0, 0.1) is 18.3 Å². The number of amides is 1. The van der Waals surface area contributed by atoms with Crippen LogP contribution in [0.15, 0.2) is 34.0 Å². The molecule has 9 nitrogen and oxygen atoms in total. The number of carbonyl (C=O) groups is 2. The van der Waals surface area contributed by atoms with E-state index < -0.39 is 17.4 Å². The van der Waals surface area contributed by atoms with Crippen molar-refractivity contribution in [3.8, 4) is 11.8 Å². The summed E-state index contributed by atoms with van der Waals surface area (Å²) < 4.78 is 7.04. The lowest BCUT2D eigenvalue weighted by Gasteiger charge is -2.20. The van der Waals surface area contributed by atoms with Crippen LogP contribution in [0.5, 0.6) is 5.75 Å². The van der Waals surface area contributed by atoms with Crippen LogP contribution in [0.1, 0.15) is 48.4 Å². The number of thioether (sulfide) groups is 1. The van der Waals surface area contributed by atoms with Crippen molar-refractivity contribution in [1.82, 2.24) is 9.47 Å². The molecule has 0 saturated carbocycles. The fourth-order valence-corrected chi connectivity index (χ4v) is 5.13. The maximum absolute atomic E-state index is 13.3. The number of nitriles is 1. The number of methoxy groups -OCH3 is 1. The summed E-state index contributed by atoms with van der Waals surface area (Å²) in [5.41, 5.74) is 1.56. The number of hydrogen-bond donors (Lipinski definition) is 2. The van der Waals surface area contributed by atoms with Gasteiger partial charge in [-0.3, -0.25) is 23.9 Å². The van der Waals surface area contributed by atoms with E-state index in [2.05, 4.69) is 5.32 Å². The van der Waals surface area contributed by atoms with E-state index in [0.29, 0.717) is 34.9 Å². The van der Waals surface area contributed by atoms with Crippen LogP contribution in [0.2, 0.25) is 0 Å². The van der Waals surface area contributed by atoms with Gasteiger partial charge in [0.2, 0.25) is 0 Å². The summed E-state index contributed by atoms with van der Waals surface area (Å²) in [5.74, 6) is -0.202. The van der Waals surface area contributed by atoms with Crippen LogP contribution < -0.4 is 15.6 Å². The number of benzene rings is 1. The first-order valence-electron chi connectivity index (χ1n) is 11.7. The number of pyridine rings is 1. The largest absolute Gasteiger partial charge is 0.497 e. The summed E-state index contributed by atoms with van der Waals surface area (Å²) in [4.78, 5) is 38.9. The highest BCUT2D eigenvalue weighted by Gasteiger charge is 2.33. The van der Waals surface area contributed by atoms with Crippen molar-refractivity contribution in [3.05, 3.63) is 61.8 Å². The van der Waals surface area contributed by atoms with Gasteiger partial charge in [0.25, 0.3) is 11.5 Å². The molecule has 3 rings (SSSR count). The van der Waals surface area contributed by atoms with Crippen LogP contribution in [0.25, 0.3) is 6.08 Å². The Morgan fingerprint density at radius 2 is 1.97 bits per heavy atom. The predicted molar refractivity (Wildman–Crippen MR) is 148 cm³/mol. The van der Waals surface area contributed by atoms with E-state index in [1.54, 1.807) is 24.7 Å². The number of ether oxygens (including phenoxy) is 1. The fourth-order valence-electron chi connectivity index (χ4n) is 3.84. The summed E-state index contributed by atoms with van der Waals surface area (Å²) in [6.45, 7) is 4.45. The topological polar surface area (TPSA) is 125 Å². The van der Waals surface area contributed by atoms with E-state index in [-0.39, 0.29) is 22.8 Å². The third-order valence-electron chi connectivity index (χ3n) is 5.93. The minimum absolute atomic E-state index is 0.0127. The first kappa shape index (κ1) is 28.0. The van der Waals surface area contributed by atoms with Gasteiger partial charge in [0, 0.05) is 25.2 Å². The number of carboxylic acid groups (broad SMARTS) is 1.